The van der Waals surface area contributed by atoms with E-state index in [0.29, 0.717) is 16.8 Å². The van der Waals surface area contributed by atoms with Gasteiger partial charge in [0, 0.05) is 12.7 Å². The molecule has 0 aliphatic heterocycles. The molecule has 0 aliphatic carbocycles. The molecule has 0 saturated heterocycles. The number of hydrogen-bond donors (Lipinski definition) is 2. The Kier molecular flexibility index (Phi) is 6.76. The zero-order valence-corrected chi connectivity index (χ0v) is 18.8. The monoisotopic (exact) mass is 475 g/mol. The van der Waals surface area contributed by atoms with Gasteiger partial charge in [0.05, 0.1) is 31.1 Å². The molecule has 0 saturated carbocycles. The molecule has 2 heterocycles. The Morgan fingerprint density at radius 3 is 2.57 bits per heavy atom. The third-order valence-electron chi connectivity index (χ3n) is 4.97. The number of carbonyl (C=O) groups excluding carboxylic acids is 2. The van der Waals surface area contributed by atoms with Crippen LogP contribution in [0.1, 0.15) is 32.1 Å². The zero-order valence-electron chi connectivity index (χ0n) is 18.8. The van der Waals surface area contributed by atoms with Gasteiger partial charge in [-0.2, -0.15) is 9.78 Å². The number of benzene rings is 2. The molecule has 13 heteroatoms. The van der Waals surface area contributed by atoms with Crippen molar-refractivity contribution >= 4 is 29.6 Å². The Hall–Kier alpha value is -5.07. The number of aromatic nitrogens is 5. The maximum atomic E-state index is 12.9. The third-order valence-corrected chi connectivity index (χ3v) is 4.97. The molecular formula is C22H21N9O4. The van der Waals surface area contributed by atoms with Crippen LogP contribution in [-0.4, -0.2) is 57.6 Å². The molecule has 0 unspecified atom stereocenters. The molecular weight excluding hydrogens is 454 g/mol. The van der Waals surface area contributed by atoms with E-state index in [4.69, 9.17) is 5.73 Å². The van der Waals surface area contributed by atoms with E-state index in [1.807, 2.05) is 42.3 Å². The number of nitrogens with one attached hydrogen (secondary N) is 1. The van der Waals surface area contributed by atoms with Gasteiger partial charge in [-0.1, -0.05) is 35.5 Å². The lowest BCUT2D eigenvalue weighted by Crippen LogP contribution is -2.24. The molecule has 35 heavy (non-hydrogen) atoms. The number of rotatable bonds is 8. The van der Waals surface area contributed by atoms with Gasteiger partial charge < -0.3 is 15.4 Å². The van der Waals surface area contributed by atoms with E-state index in [0.717, 1.165) is 5.69 Å². The molecule has 0 aliphatic rings. The molecule has 2 aromatic heterocycles. The number of anilines is 2. The van der Waals surface area contributed by atoms with Crippen LogP contribution in [0.3, 0.4) is 0 Å². The summed E-state index contributed by atoms with van der Waals surface area (Å²) in [5.74, 6) is -0.924. The predicted octanol–water partition coefficient (Wildman–Crippen LogP) is 1.42. The first-order chi connectivity index (χ1) is 17.0. The van der Waals surface area contributed by atoms with Gasteiger partial charge in [-0.25, -0.2) is 14.8 Å². The molecule has 1 amide bonds. The SMILES string of the molecule is COC(=O)c1ccc(C=NNC(=O)c2nnn(-c3nonc3N)c2CN(C)c2ccccc2)cc1. The van der Waals surface area contributed by atoms with Crippen molar-refractivity contribution in [3.63, 3.8) is 0 Å². The van der Waals surface area contributed by atoms with Crippen molar-refractivity contribution in [3.8, 4) is 5.82 Å². The zero-order chi connectivity index (χ0) is 24.8. The van der Waals surface area contributed by atoms with Crippen LogP contribution in [0.25, 0.3) is 5.82 Å². The third kappa shape index (κ3) is 5.13. The fourth-order valence-electron chi connectivity index (χ4n) is 3.17. The summed E-state index contributed by atoms with van der Waals surface area (Å²) in [7, 11) is 3.16. The van der Waals surface area contributed by atoms with E-state index in [1.54, 1.807) is 24.3 Å². The number of hydrogen-bond acceptors (Lipinski definition) is 11. The van der Waals surface area contributed by atoms with Crippen LogP contribution >= 0.6 is 0 Å². The predicted molar refractivity (Wildman–Crippen MR) is 125 cm³/mol. The molecule has 178 valence electrons. The van der Waals surface area contributed by atoms with Crippen molar-refractivity contribution < 1.29 is 19.0 Å². The Labute approximate surface area is 199 Å². The fourth-order valence-corrected chi connectivity index (χ4v) is 3.17. The average molecular weight is 475 g/mol. The second kappa shape index (κ2) is 10.2. The Balaban J connectivity index is 1.56. The highest BCUT2D eigenvalue weighted by Gasteiger charge is 2.25. The number of amides is 1. The van der Waals surface area contributed by atoms with Gasteiger partial charge in [0.15, 0.2) is 5.69 Å². The van der Waals surface area contributed by atoms with Crippen molar-refractivity contribution in [1.82, 2.24) is 30.7 Å². The number of nitrogens with zero attached hydrogens (tertiary/aromatic N) is 7. The van der Waals surface area contributed by atoms with Gasteiger partial charge in [-0.05, 0) is 40.1 Å². The molecule has 0 bridgehead atoms. The van der Waals surface area contributed by atoms with Gasteiger partial charge in [0.2, 0.25) is 11.6 Å². The molecule has 0 atom stereocenters. The lowest BCUT2D eigenvalue weighted by atomic mass is 10.1. The number of nitrogens with two attached hydrogens (primary N) is 1. The highest BCUT2D eigenvalue weighted by molar-refractivity contribution is 5.94. The Bertz CT molecular complexity index is 1350. The molecule has 13 nitrogen and oxygen atoms in total. The first-order valence-electron chi connectivity index (χ1n) is 10.3. The van der Waals surface area contributed by atoms with E-state index < -0.39 is 11.9 Å². The molecule has 3 N–H and O–H groups in total. The molecule has 0 radical (unpaired) electrons. The highest BCUT2D eigenvalue weighted by atomic mass is 16.6. The van der Waals surface area contributed by atoms with E-state index in [-0.39, 0.29) is 23.9 Å². The minimum absolute atomic E-state index is 0.00102. The lowest BCUT2D eigenvalue weighted by Gasteiger charge is -2.19. The number of nitrogen functional groups attached to an aromatic ring is 1. The molecule has 0 spiro atoms. The minimum Gasteiger partial charge on any atom is -0.465 e. The standard InChI is InChI=1S/C22H21N9O4/c1-30(16-6-4-3-5-7-16)13-17-18(25-29-31(17)20-19(23)27-35-28-20)21(32)26-24-12-14-8-10-15(11-9-14)22(33)34-2/h3-12H,13H2,1-2H3,(H2,23,27)(H,26,32). The number of ether oxygens (including phenoxy) is 1. The van der Waals surface area contributed by atoms with Crippen molar-refractivity contribution in [1.29, 1.82) is 0 Å². The first kappa shape index (κ1) is 23.1. The fraction of sp³-hybridized carbons (Fsp3) is 0.136. The smallest absolute Gasteiger partial charge is 0.337 e. The summed E-state index contributed by atoms with van der Waals surface area (Å²) >= 11 is 0. The van der Waals surface area contributed by atoms with Crippen molar-refractivity contribution in [3.05, 3.63) is 77.1 Å². The normalized spacial score (nSPS) is 10.9. The second-order valence-electron chi connectivity index (χ2n) is 7.27. The van der Waals surface area contributed by atoms with Crippen LogP contribution in [0.15, 0.2) is 64.3 Å². The van der Waals surface area contributed by atoms with Gasteiger partial charge >= 0.3 is 5.97 Å². The maximum absolute atomic E-state index is 12.9. The van der Waals surface area contributed by atoms with Crippen molar-refractivity contribution in [2.24, 2.45) is 5.10 Å². The number of hydrazone groups is 1. The van der Waals surface area contributed by atoms with Crippen LogP contribution in [0.5, 0.6) is 0 Å². The summed E-state index contributed by atoms with van der Waals surface area (Å²) in [5.41, 5.74) is 10.7. The summed E-state index contributed by atoms with van der Waals surface area (Å²) < 4.78 is 10.6. The van der Waals surface area contributed by atoms with Gasteiger partial charge in [-0.3, -0.25) is 4.79 Å². The van der Waals surface area contributed by atoms with Gasteiger partial charge in [0.25, 0.3) is 5.91 Å². The van der Waals surface area contributed by atoms with E-state index in [1.165, 1.54) is 18.0 Å². The minimum atomic E-state index is -0.592. The van der Waals surface area contributed by atoms with Gasteiger partial charge in [-0.15, -0.1) is 5.10 Å². The van der Waals surface area contributed by atoms with E-state index >= 15 is 0 Å². The molecule has 2 aromatic carbocycles. The van der Waals surface area contributed by atoms with Crippen LogP contribution in [0.2, 0.25) is 0 Å². The number of esters is 1. The van der Waals surface area contributed by atoms with Gasteiger partial charge in [0.1, 0.15) is 0 Å². The average Bonchev–Trinajstić information content (AvgIpc) is 3.50. The van der Waals surface area contributed by atoms with Crippen molar-refractivity contribution in [2.45, 2.75) is 6.54 Å². The molecule has 4 rings (SSSR count). The molecule has 4 aromatic rings. The first-order valence-corrected chi connectivity index (χ1v) is 10.3. The summed E-state index contributed by atoms with van der Waals surface area (Å²) in [6.45, 7) is 0.241. The number of methoxy groups -OCH3 is 1. The van der Waals surface area contributed by atoms with Crippen molar-refractivity contribution in [2.75, 3.05) is 24.8 Å². The lowest BCUT2D eigenvalue weighted by molar-refractivity contribution is 0.0600. The van der Waals surface area contributed by atoms with E-state index in [9.17, 15) is 9.59 Å². The Morgan fingerprint density at radius 1 is 1.17 bits per heavy atom. The summed E-state index contributed by atoms with van der Waals surface area (Å²) in [4.78, 5) is 26.4. The quantitative estimate of drug-likeness (QED) is 0.216. The summed E-state index contributed by atoms with van der Waals surface area (Å²) in [6, 6.07) is 16.1. The summed E-state index contributed by atoms with van der Waals surface area (Å²) in [5, 5.41) is 19.3. The highest BCUT2D eigenvalue weighted by Crippen LogP contribution is 2.20. The number of para-hydroxylation sites is 1. The maximum Gasteiger partial charge on any atom is 0.337 e. The number of carbonyl (C=O) groups is 2. The topological polar surface area (TPSA) is 167 Å². The van der Waals surface area contributed by atoms with Crippen LogP contribution in [0, 0.1) is 0 Å². The van der Waals surface area contributed by atoms with Crippen LogP contribution in [-0.2, 0) is 11.3 Å². The van der Waals surface area contributed by atoms with Crippen LogP contribution in [0.4, 0.5) is 11.5 Å². The van der Waals surface area contributed by atoms with Crippen LogP contribution < -0.4 is 16.1 Å². The van der Waals surface area contributed by atoms with E-state index in [2.05, 4.69) is 40.5 Å². The summed E-state index contributed by atoms with van der Waals surface area (Å²) in [6.07, 6.45) is 1.43. The Morgan fingerprint density at radius 2 is 1.91 bits per heavy atom. The second-order valence-corrected chi connectivity index (χ2v) is 7.27. The largest absolute Gasteiger partial charge is 0.465 e. The molecule has 0 fully saturated rings.